The van der Waals surface area contributed by atoms with Crippen molar-refractivity contribution >= 4 is 7.32 Å². The van der Waals surface area contributed by atoms with Crippen molar-refractivity contribution in [3.8, 4) is 17.2 Å². The summed E-state index contributed by atoms with van der Waals surface area (Å²) in [6.07, 6.45) is -22.3. The maximum Gasteiger partial charge on any atom is 0.864 e. The molecule has 0 fully saturated rings. The van der Waals surface area contributed by atoms with Crippen molar-refractivity contribution in [2.24, 2.45) is 0 Å². The number of rotatable bonds is 22. The van der Waals surface area contributed by atoms with Gasteiger partial charge in [0, 0.05) is 6.42 Å². The molecule has 0 radical (unpaired) electrons. The van der Waals surface area contributed by atoms with Gasteiger partial charge >= 0.3 is 44.4 Å². The van der Waals surface area contributed by atoms with Crippen molar-refractivity contribution in [3.63, 3.8) is 0 Å². The van der Waals surface area contributed by atoms with E-state index in [-0.39, 0.29) is 49.2 Å². The molecule has 0 amide bonds. The first-order valence-electron chi connectivity index (χ1n) is 20.8. The Morgan fingerprint density at radius 3 is 1.03 bits per heavy atom. The molecule has 0 spiro atoms. The van der Waals surface area contributed by atoms with Crippen LogP contribution < -0.4 is 14.0 Å². The Bertz CT molecular complexity index is 1860. The van der Waals surface area contributed by atoms with Crippen molar-refractivity contribution in [2.45, 2.75) is 140 Å². The first kappa shape index (κ1) is 56.1. The molecule has 0 saturated carbocycles. The lowest BCUT2D eigenvalue weighted by Gasteiger charge is -2.37. The quantitative estimate of drug-likeness (QED) is 0.0435. The molecule has 1 unspecified atom stereocenters. The first-order valence-corrected chi connectivity index (χ1v) is 20.8. The minimum Gasteiger partial charge on any atom is -0.490 e. The van der Waals surface area contributed by atoms with E-state index in [9.17, 15) is 79.0 Å². The number of alkyl halides is 18. The molecule has 0 aliphatic rings. The molecule has 0 heterocycles. The van der Waals surface area contributed by atoms with Crippen LogP contribution in [0.15, 0.2) is 48.5 Å². The third-order valence-corrected chi connectivity index (χ3v) is 10.4. The van der Waals surface area contributed by atoms with Gasteiger partial charge in [-0.2, -0.15) is 79.0 Å². The van der Waals surface area contributed by atoms with E-state index in [0.29, 0.717) is 12.8 Å². The molecular weight excluding hydrogens is 931 g/mol. The molecule has 372 valence electrons. The van der Waals surface area contributed by atoms with Crippen molar-refractivity contribution < 1.29 is 97.5 Å². The van der Waals surface area contributed by atoms with Crippen LogP contribution in [0.5, 0.6) is 17.2 Å². The maximum atomic E-state index is 15.0. The molecule has 23 heteroatoms. The van der Waals surface area contributed by atoms with E-state index in [1.165, 1.54) is 27.6 Å². The predicted octanol–water partition coefficient (Wildman–Crippen LogP) is 16.5. The fraction of sp³-hybridized carbons (Fsp3) is 0.581. The number of quaternary nitrogens is 1. The van der Waals surface area contributed by atoms with Crippen LogP contribution in [-0.4, -0.2) is 32.9 Å². The molecule has 66 heavy (non-hydrogen) atoms. The number of halogens is 18. The Labute approximate surface area is 370 Å². The Balaban J connectivity index is 2.21. The van der Waals surface area contributed by atoms with Gasteiger partial charge in [0.05, 0.1) is 60.1 Å². The molecule has 4 nitrogen and oxygen atoms in total. The third kappa shape index (κ3) is 17.5. The van der Waals surface area contributed by atoms with Crippen molar-refractivity contribution in [2.75, 3.05) is 21.1 Å². The van der Waals surface area contributed by atoms with Crippen molar-refractivity contribution in [1.29, 1.82) is 0 Å². The first-order chi connectivity index (χ1) is 30.1. The summed E-state index contributed by atoms with van der Waals surface area (Å²) >= 11 is 0. The monoisotopic (exact) mass is 980 g/mol. The van der Waals surface area contributed by atoms with E-state index >= 15 is 0 Å². The van der Waals surface area contributed by atoms with Gasteiger partial charge in [0.25, 0.3) is 0 Å². The zero-order valence-electron chi connectivity index (χ0n) is 36.1. The maximum absolute atomic E-state index is 15.0. The number of unbranched alkanes of at least 4 members (excludes halogenated alkanes) is 12. The highest BCUT2D eigenvalue weighted by Crippen LogP contribution is 2.48. The van der Waals surface area contributed by atoms with E-state index in [1.54, 1.807) is 0 Å². The highest BCUT2D eigenvalue weighted by atomic mass is 19.4. The van der Waals surface area contributed by atoms with Gasteiger partial charge in [0.1, 0.15) is 23.3 Å². The highest BCUT2D eigenvalue weighted by Gasteiger charge is 2.47. The third-order valence-electron chi connectivity index (χ3n) is 10.4. The van der Waals surface area contributed by atoms with E-state index in [1.807, 2.05) is 0 Å². The van der Waals surface area contributed by atoms with Crippen LogP contribution in [-0.2, 0) is 37.1 Å². The van der Waals surface area contributed by atoms with Crippen LogP contribution in [0.25, 0.3) is 0 Å². The lowest BCUT2D eigenvalue weighted by atomic mass is 9.90. The summed E-state index contributed by atoms with van der Waals surface area (Å²) in [6, 6.07) is -3.21. The van der Waals surface area contributed by atoms with Crippen LogP contribution in [0.1, 0.15) is 142 Å². The smallest absolute Gasteiger partial charge is 0.490 e. The van der Waals surface area contributed by atoms with Crippen LogP contribution in [0.2, 0.25) is 0 Å². The van der Waals surface area contributed by atoms with Gasteiger partial charge in [0.15, 0.2) is 0 Å². The molecule has 0 saturated heterocycles. The summed E-state index contributed by atoms with van der Waals surface area (Å²) in [4.78, 5) is 0. The van der Waals surface area contributed by atoms with Crippen molar-refractivity contribution in [1.82, 2.24) is 0 Å². The second-order valence-corrected chi connectivity index (χ2v) is 16.7. The van der Waals surface area contributed by atoms with Gasteiger partial charge in [-0.3, -0.25) is 0 Å². The molecule has 3 aromatic rings. The highest BCUT2D eigenvalue weighted by molar-refractivity contribution is 6.39. The molecule has 0 aromatic heterocycles. The summed E-state index contributed by atoms with van der Waals surface area (Å²) in [5, 5.41) is 0. The van der Waals surface area contributed by atoms with Gasteiger partial charge in [0.2, 0.25) is 0 Å². The number of hydrogen-bond donors (Lipinski definition) is 0. The molecule has 0 bridgehead atoms. The zero-order chi connectivity index (χ0) is 50.1. The Morgan fingerprint density at radius 1 is 0.409 bits per heavy atom. The van der Waals surface area contributed by atoms with Gasteiger partial charge in [-0.15, -0.1) is 0 Å². The minimum atomic E-state index is -5.64. The topological polar surface area (TPSA) is 27.7 Å². The fourth-order valence-electron chi connectivity index (χ4n) is 7.13. The largest absolute Gasteiger partial charge is 0.864 e. The Kier molecular flexibility index (Phi) is 19.0. The average Bonchev–Trinajstić information content (AvgIpc) is 3.15. The Morgan fingerprint density at radius 2 is 0.727 bits per heavy atom. The molecule has 0 aliphatic heterocycles. The fourth-order valence-corrected chi connectivity index (χ4v) is 7.13. The normalized spacial score (nSPS) is 13.8. The lowest BCUT2D eigenvalue weighted by molar-refractivity contribution is -0.902. The van der Waals surface area contributed by atoms with E-state index in [0.717, 1.165) is 57.8 Å². The van der Waals surface area contributed by atoms with Gasteiger partial charge in [-0.05, 0) is 55.0 Å². The molecule has 3 rings (SSSR count). The molecule has 0 N–H and O–H groups in total. The number of benzene rings is 3. The summed E-state index contributed by atoms with van der Waals surface area (Å²) in [5.41, 5.74) is -13.5. The summed E-state index contributed by atoms with van der Waals surface area (Å²) in [6.45, 7) is 2.11. The molecular formula is C43H49BF18NO3+. The molecule has 0 aliphatic carbocycles. The zero-order valence-corrected chi connectivity index (χ0v) is 36.1. The average molecular weight is 981 g/mol. The summed E-state index contributed by atoms with van der Waals surface area (Å²) in [7, 11) is 0.775. The van der Waals surface area contributed by atoms with Crippen molar-refractivity contribution in [3.05, 3.63) is 87.5 Å². The second-order valence-electron chi connectivity index (χ2n) is 16.7. The summed E-state index contributed by atoms with van der Waals surface area (Å²) in [5.74, 6) is -4.63. The van der Waals surface area contributed by atoms with Crippen LogP contribution in [0, 0.1) is 0 Å². The SMILES string of the molecule is CCCCCCCCCCCCCCCC(c1c(OB(Oc2cc(C(F)(F)F)cc(C(F)(F)F)c2)Oc2cc(C(F)(F)F)cc(C(F)(F)F)c2)cc(C(F)(F)F)cc1C(F)(F)F)[N+](C)(C)C. The number of hydrogen-bond acceptors (Lipinski definition) is 3. The molecule has 1 atom stereocenters. The van der Waals surface area contributed by atoms with E-state index in [4.69, 9.17) is 14.0 Å². The minimum absolute atomic E-state index is 0.0304. The van der Waals surface area contributed by atoms with Crippen LogP contribution in [0.4, 0.5) is 79.0 Å². The van der Waals surface area contributed by atoms with Crippen LogP contribution in [0.3, 0.4) is 0 Å². The Hall–Kier alpha value is -4.18. The van der Waals surface area contributed by atoms with Gasteiger partial charge < -0.3 is 18.4 Å². The standard InChI is InChI=1S/C43H49BF18NO3/c1-5-6-7-8-9-10-11-12-13-14-15-16-17-18-35(63(2,3)4)37-34(43(60,61)62)25-31(42(57,58)59)26-36(37)66-44(64-32-21-27(38(45,46)47)19-28(22-32)39(48,49)50)65-33-23-29(40(51,52)53)20-30(24-33)41(54,55)56/h19-26,35H,5-18H2,1-4H3/q+1. The van der Waals surface area contributed by atoms with Gasteiger partial charge in [-0.25, -0.2) is 0 Å². The van der Waals surface area contributed by atoms with E-state index in [2.05, 4.69) is 6.92 Å². The lowest BCUT2D eigenvalue weighted by Crippen LogP contribution is -2.42. The number of nitrogens with zero attached hydrogens (tertiary/aromatic N) is 1. The van der Waals surface area contributed by atoms with Gasteiger partial charge in [-0.1, -0.05) is 84.0 Å². The predicted molar refractivity (Wildman–Crippen MR) is 208 cm³/mol. The molecule has 3 aromatic carbocycles. The van der Waals surface area contributed by atoms with Crippen LogP contribution >= 0.6 is 0 Å². The summed E-state index contributed by atoms with van der Waals surface area (Å²) < 4.78 is 269. The second kappa shape index (κ2) is 22.3. The van der Waals surface area contributed by atoms with E-state index < -0.39 is 123 Å².